The van der Waals surface area contributed by atoms with E-state index >= 15 is 0 Å². The van der Waals surface area contributed by atoms with Crippen molar-refractivity contribution in [3.63, 3.8) is 0 Å². The number of benzene rings is 1. The zero-order chi connectivity index (χ0) is 18.0. The zero-order valence-electron chi connectivity index (χ0n) is 14.5. The lowest BCUT2D eigenvalue weighted by atomic mass is 10.00. The summed E-state index contributed by atoms with van der Waals surface area (Å²) in [6, 6.07) is 8.35. The minimum atomic E-state index is -0.625. The molecule has 0 radical (unpaired) electrons. The third kappa shape index (κ3) is 3.80. The van der Waals surface area contributed by atoms with Crippen molar-refractivity contribution < 1.29 is 10.0 Å². The largest absolute Gasteiger partial charge is 0.390 e. The van der Waals surface area contributed by atoms with Gasteiger partial charge in [0.1, 0.15) is 5.69 Å². The number of rotatable bonds is 6. The summed E-state index contributed by atoms with van der Waals surface area (Å²) in [6.45, 7) is 4.08. The number of β-amino-alcohol motifs (C(OH)–C–C–N with tert-alkyl or cyclic N) is 1. The molecule has 0 saturated heterocycles. The number of aryl methyl sites for hydroxylation is 2. The fourth-order valence-corrected chi connectivity index (χ4v) is 3.35. The van der Waals surface area contributed by atoms with Gasteiger partial charge in [-0.15, -0.1) is 0 Å². The van der Waals surface area contributed by atoms with Crippen LogP contribution < -0.4 is 5.32 Å². The Labute approximate surface area is 146 Å². The monoisotopic (exact) mass is 345 g/mol. The van der Waals surface area contributed by atoms with Gasteiger partial charge in [-0.05, 0) is 24.5 Å². The minimum Gasteiger partial charge on any atom is -0.390 e. The first-order valence-corrected chi connectivity index (χ1v) is 8.34. The molecule has 0 aliphatic carbocycles. The lowest BCUT2D eigenvalue weighted by Crippen LogP contribution is -2.39. The van der Waals surface area contributed by atoms with E-state index in [-0.39, 0.29) is 12.2 Å². The fourth-order valence-electron chi connectivity index (χ4n) is 3.35. The van der Waals surface area contributed by atoms with Gasteiger partial charge < -0.3 is 10.4 Å². The van der Waals surface area contributed by atoms with Crippen molar-refractivity contribution in [2.45, 2.75) is 26.0 Å². The number of nitrogens with one attached hydrogen (secondary N) is 1. The molecule has 0 spiro atoms. The molecule has 25 heavy (non-hydrogen) atoms. The van der Waals surface area contributed by atoms with Crippen LogP contribution in [0.2, 0.25) is 0 Å². The van der Waals surface area contributed by atoms with Crippen LogP contribution in [0.3, 0.4) is 0 Å². The van der Waals surface area contributed by atoms with Crippen molar-refractivity contribution in [2.75, 3.05) is 25.0 Å². The van der Waals surface area contributed by atoms with Crippen molar-refractivity contribution in [3.05, 3.63) is 51.2 Å². The predicted octanol–water partition coefficient (Wildman–Crippen LogP) is 1.47. The first-order valence-electron chi connectivity index (χ1n) is 8.34. The lowest BCUT2D eigenvalue weighted by molar-refractivity contribution is -0.384. The molecule has 8 nitrogen and oxygen atoms in total. The van der Waals surface area contributed by atoms with Gasteiger partial charge in [0.05, 0.1) is 11.0 Å². The highest BCUT2D eigenvalue weighted by Crippen LogP contribution is 2.27. The van der Waals surface area contributed by atoms with Crippen molar-refractivity contribution in [1.29, 1.82) is 0 Å². The average molecular weight is 345 g/mol. The van der Waals surface area contributed by atoms with Crippen LogP contribution in [0.25, 0.3) is 0 Å². The Hall–Kier alpha value is -2.45. The van der Waals surface area contributed by atoms with Gasteiger partial charge in [-0.1, -0.05) is 24.3 Å². The Bertz CT molecular complexity index is 774. The molecule has 0 saturated carbocycles. The highest BCUT2D eigenvalue weighted by atomic mass is 16.6. The number of aromatic nitrogens is 2. The number of aliphatic hydroxyl groups excluding tert-OH is 1. The van der Waals surface area contributed by atoms with Gasteiger partial charge in [-0.2, -0.15) is 5.10 Å². The zero-order valence-corrected chi connectivity index (χ0v) is 14.5. The molecule has 2 N–H and O–H groups in total. The van der Waals surface area contributed by atoms with Crippen LogP contribution in [0.1, 0.15) is 16.8 Å². The summed E-state index contributed by atoms with van der Waals surface area (Å²) < 4.78 is 1.44. The minimum absolute atomic E-state index is 0.0402. The molecule has 1 aromatic heterocycles. The van der Waals surface area contributed by atoms with Gasteiger partial charge in [0.2, 0.25) is 5.82 Å². The van der Waals surface area contributed by atoms with E-state index in [1.807, 2.05) is 6.07 Å². The molecule has 0 fully saturated rings. The average Bonchev–Trinajstić information content (AvgIpc) is 2.86. The van der Waals surface area contributed by atoms with Crippen molar-refractivity contribution in [2.24, 2.45) is 7.05 Å². The summed E-state index contributed by atoms with van der Waals surface area (Å²) in [5.74, 6) is 0.325. The standard InChI is InChI=1S/C17H23N5O3/c1-12-16(22(24)25)17(20(2)19-12)18-9-15(23)11-21-8-7-13-5-3-4-6-14(13)10-21/h3-6,15,18,23H,7-11H2,1-2H3/t15-/m1/s1. The Kier molecular flexibility index (Phi) is 5.00. The Morgan fingerprint density at radius 3 is 2.84 bits per heavy atom. The van der Waals surface area contributed by atoms with Gasteiger partial charge in [-0.3, -0.25) is 15.0 Å². The van der Waals surface area contributed by atoms with E-state index in [4.69, 9.17) is 0 Å². The second-order valence-corrected chi connectivity index (χ2v) is 6.45. The number of fused-ring (bicyclic) bond motifs is 1. The fraction of sp³-hybridized carbons (Fsp3) is 0.471. The lowest BCUT2D eigenvalue weighted by Gasteiger charge is -2.30. The number of aliphatic hydroxyl groups is 1. The molecule has 3 rings (SSSR count). The van der Waals surface area contributed by atoms with E-state index in [9.17, 15) is 15.2 Å². The molecular weight excluding hydrogens is 322 g/mol. The van der Waals surface area contributed by atoms with Crippen LogP contribution in [0.15, 0.2) is 24.3 Å². The smallest absolute Gasteiger partial charge is 0.333 e. The number of nitrogens with zero attached hydrogens (tertiary/aromatic N) is 4. The Balaban J connectivity index is 1.58. The molecule has 0 amide bonds. The molecule has 1 atom stereocenters. The maximum absolute atomic E-state index is 11.2. The van der Waals surface area contributed by atoms with E-state index in [2.05, 4.69) is 33.5 Å². The van der Waals surface area contributed by atoms with Crippen LogP contribution in [-0.2, 0) is 20.0 Å². The maximum Gasteiger partial charge on any atom is 0.333 e. The van der Waals surface area contributed by atoms with Crippen LogP contribution in [-0.4, -0.2) is 50.4 Å². The second kappa shape index (κ2) is 7.20. The molecule has 134 valence electrons. The van der Waals surface area contributed by atoms with Crippen LogP contribution in [0.4, 0.5) is 11.5 Å². The molecule has 2 heterocycles. The molecule has 1 aliphatic heterocycles. The molecule has 0 bridgehead atoms. The SMILES string of the molecule is Cc1nn(C)c(NC[C@@H](O)CN2CCc3ccccc3C2)c1[N+](=O)[O-]. The highest BCUT2D eigenvalue weighted by molar-refractivity contribution is 5.59. The van der Waals surface area contributed by atoms with E-state index < -0.39 is 11.0 Å². The second-order valence-electron chi connectivity index (χ2n) is 6.45. The van der Waals surface area contributed by atoms with Gasteiger partial charge in [0.25, 0.3) is 0 Å². The summed E-state index contributed by atoms with van der Waals surface area (Å²) in [4.78, 5) is 12.9. The van der Waals surface area contributed by atoms with Crippen LogP contribution in [0, 0.1) is 17.0 Å². The first-order chi connectivity index (χ1) is 12.0. The summed E-state index contributed by atoms with van der Waals surface area (Å²) in [5.41, 5.74) is 2.98. The summed E-state index contributed by atoms with van der Waals surface area (Å²) >= 11 is 0. The maximum atomic E-state index is 11.2. The summed E-state index contributed by atoms with van der Waals surface area (Å²) in [6.07, 6.45) is 0.350. The molecule has 2 aromatic rings. The quantitative estimate of drug-likeness (QED) is 0.608. The molecule has 0 unspecified atom stereocenters. The summed E-state index contributed by atoms with van der Waals surface area (Å²) in [7, 11) is 1.65. The Morgan fingerprint density at radius 2 is 2.12 bits per heavy atom. The topological polar surface area (TPSA) is 96.5 Å². The van der Waals surface area contributed by atoms with Crippen molar-refractivity contribution in [1.82, 2.24) is 14.7 Å². The van der Waals surface area contributed by atoms with E-state index in [0.717, 1.165) is 19.5 Å². The number of anilines is 1. The highest BCUT2D eigenvalue weighted by Gasteiger charge is 2.25. The van der Waals surface area contributed by atoms with Gasteiger partial charge in [0.15, 0.2) is 0 Å². The normalized spacial score (nSPS) is 15.6. The van der Waals surface area contributed by atoms with Crippen LogP contribution >= 0.6 is 0 Å². The van der Waals surface area contributed by atoms with Crippen LogP contribution in [0.5, 0.6) is 0 Å². The summed E-state index contributed by atoms with van der Waals surface area (Å²) in [5, 5.41) is 28.6. The number of hydrogen-bond donors (Lipinski definition) is 2. The third-order valence-corrected chi connectivity index (χ3v) is 4.56. The third-order valence-electron chi connectivity index (χ3n) is 4.56. The molecule has 8 heteroatoms. The molecule has 1 aliphatic rings. The van der Waals surface area contributed by atoms with E-state index in [0.29, 0.717) is 18.1 Å². The molecular formula is C17H23N5O3. The Morgan fingerprint density at radius 1 is 1.40 bits per heavy atom. The van der Waals surface area contributed by atoms with Gasteiger partial charge in [-0.25, -0.2) is 4.68 Å². The first kappa shape index (κ1) is 17.4. The van der Waals surface area contributed by atoms with Gasteiger partial charge >= 0.3 is 5.69 Å². The number of nitro groups is 1. The van der Waals surface area contributed by atoms with E-state index in [1.165, 1.54) is 15.8 Å². The van der Waals surface area contributed by atoms with Gasteiger partial charge in [0, 0.05) is 33.2 Å². The van der Waals surface area contributed by atoms with Crippen molar-refractivity contribution in [3.8, 4) is 0 Å². The van der Waals surface area contributed by atoms with E-state index in [1.54, 1.807) is 14.0 Å². The van der Waals surface area contributed by atoms with Crippen molar-refractivity contribution >= 4 is 11.5 Å². The predicted molar refractivity (Wildman–Crippen MR) is 94.5 cm³/mol. The molecule has 1 aromatic carbocycles. The number of hydrogen-bond acceptors (Lipinski definition) is 6.